The second-order valence-electron chi connectivity index (χ2n) is 6.51. The molecule has 0 aliphatic heterocycles. The van der Waals surface area contributed by atoms with Crippen molar-refractivity contribution < 1.29 is 9.53 Å². The minimum absolute atomic E-state index is 0.0132. The maximum Gasteiger partial charge on any atom is 0.224 e. The zero-order valence-corrected chi connectivity index (χ0v) is 15.5. The SMILES string of the molecule is Cc1ccc(OCCNC(=O)Cc2c(C)nc3ccccc3c2C)cc1. The zero-order chi connectivity index (χ0) is 18.5. The number of carbonyl (C=O) groups excluding carboxylic acids is 1. The fourth-order valence-electron chi connectivity index (χ4n) is 3.05. The van der Waals surface area contributed by atoms with Gasteiger partial charge in [-0.1, -0.05) is 35.9 Å². The van der Waals surface area contributed by atoms with Crippen molar-refractivity contribution in [3.63, 3.8) is 0 Å². The second kappa shape index (κ2) is 8.00. The summed E-state index contributed by atoms with van der Waals surface area (Å²) in [5, 5.41) is 4.02. The topological polar surface area (TPSA) is 51.2 Å². The standard InChI is InChI=1S/C22H24N2O2/c1-15-8-10-18(11-9-15)26-13-12-23-22(25)14-20-16(2)19-6-4-5-7-21(19)24-17(20)3/h4-11H,12-14H2,1-3H3,(H,23,25). The highest BCUT2D eigenvalue weighted by atomic mass is 16.5. The van der Waals surface area contributed by atoms with Gasteiger partial charge in [-0.2, -0.15) is 0 Å². The Kier molecular flexibility index (Phi) is 5.52. The van der Waals surface area contributed by atoms with Gasteiger partial charge in [0.2, 0.25) is 5.91 Å². The van der Waals surface area contributed by atoms with E-state index in [4.69, 9.17) is 4.74 Å². The predicted octanol–water partition coefficient (Wildman–Crippen LogP) is 3.90. The number of aromatic nitrogens is 1. The highest BCUT2D eigenvalue weighted by molar-refractivity contribution is 5.86. The first-order valence-corrected chi connectivity index (χ1v) is 8.85. The van der Waals surface area contributed by atoms with Crippen molar-refractivity contribution in [2.45, 2.75) is 27.2 Å². The number of fused-ring (bicyclic) bond motifs is 1. The summed E-state index contributed by atoms with van der Waals surface area (Å²) in [7, 11) is 0. The Morgan fingerprint density at radius 3 is 2.54 bits per heavy atom. The number of hydrogen-bond acceptors (Lipinski definition) is 3. The number of aryl methyl sites for hydroxylation is 3. The number of nitrogens with zero attached hydrogens (tertiary/aromatic N) is 1. The summed E-state index contributed by atoms with van der Waals surface area (Å²) >= 11 is 0. The van der Waals surface area contributed by atoms with E-state index < -0.39 is 0 Å². The van der Waals surface area contributed by atoms with Crippen LogP contribution in [0, 0.1) is 20.8 Å². The van der Waals surface area contributed by atoms with E-state index in [9.17, 15) is 4.79 Å². The Balaban J connectivity index is 1.56. The van der Waals surface area contributed by atoms with Crippen LogP contribution in [0.4, 0.5) is 0 Å². The maximum absolute atomic E-state index is 12.3. The lowest BCUT2D eigenvalue weighted by Gasteiger charge is -2.13. The number of rotatable bonds is 6. The molecule has 134 valence electrons. The molecule has 3 rings (SSSR count). The highest BCUT2D eigenvalue weighted by Gasteiger charge is 2.12. The Morgan fingerprint density at radius 1 is 1.04 bits per heavy atom. The molecule has 0 saturated heterocycles. The number of amides is 1. The molecule has 1 amide bonds. The smallest absolute Gasteiger partial charge is 0.224 e. The second-order valence-corrected chi connectivity index (χ2v) is 6.51. The number of benzene rings is 2. The molecule has 1 aromatic heterocycles. The first kappa shape index (κ1) is 17.9. The van der Waals surface area contributed by atoms with Crippen molar-refractivity contribution in [1.82, 2.24) is 10.3 Å². The van der Waals surface area contributed by atoms with E-state index in [1.807, 2.05) is 62.4 Å². The average molecular weight is 348 g/mol. The van der Waals surface area contributed by atoms with Crippen LogP contribution < -0.4 is 10.1 Å². The van der Waals surface area contributed by atoms with E-state index in [1.54, 1.807) is 0 Å². The van der Waals surface area contributed by atoms with Crippen LogP contribution in [0.5, 0.6) is 5.75 Å². The molecule has 1 heterocycles. The largest absolute Gasteiger partial charge is 0.492 e. The van der Waals surface area contributed by atoms with Crippen molar-refractivity contribution in [3.05, 3.63) is 70.9 Å². The molecule has 0 fully saturated rings. The number of pyridine rings is 1. The van der Waals surface area contributed by atoms with Gasteiger partial charge in [-0.3, -0.25) is 9.78 Å². The third kappa shape index (κ3) is 4.20. The van der Waals surface area contributed by atoms with E-state index in [1.165, 1.54) is 5.56 Å². The van der Waals surface area contributed by atoms with E-state index in [0.29, 0.717) is 19.6 Å². The molecule has 0 bridgehead atoms. The fraction of sp³-hybridized carbons (Fsp3) is 0.273. The molecule has 1 N–H and O–H groups in total. The van der Waals surface area contributed by atoms with Gasteiger partial charge >= 0.3 is 0 Å². The molecule has 3 aromatic rings. The Morgan fingerprint density at radius 2 is 1.77 bits per heavy atom. The van der Waals surface area contributed by atoms with Gasteiger partial charge in [-0.25, -0.2) is 0 Å². The predicted molar refractivity (Wildman–Crippen MR) is 105 cm³/mol. The number of ether oxygens (including phenoxy) is 1. The van der Waals surface area contributed by atoms with Gasteiger partial charge in [-0.05, 0) is 50.1 Å². The molecule has 0 spiro atoms. The maximum atomic E-state index is 12.3. The van der Waals surface area contributed by atoms with Crippen molar-refractivity contribution in [1.29, 1.82) is 0 Å². The summed E-state index contributed by atoms with van der Waals surface area (Å²) in [6, 6.07) is 15.9. The molecule has 0 atom stereocenters. The summed E-state index contributed by atoms with van der Waals surface area (Å²) in [6.45, 7) is 6.98. The van der Waals surface area contributed by atoms with Crippen LogP contribution >= 0.6 is 0 Å². The molecule has 26 heavy (non-hydrogen) atoms. The minimum atomic E-state index is -0.0132. The van der Waals surface area contributed by atoms with Crippen molar-refractivity contribution in [2.24, 2.45) is 0 Å². The zero-order valence-electron chi connectivity index (χ0n) is 15.5. The fourth-order valence-corrected chi connectivity index (χ4v) is 3.05. The van der Waals surface area contributed by atoms with E-state index in [0.717, 1.165) is 33.5 Å². The lowest BCUT2D eigenvalue weighted by molar-refractivity contribution is -0.120. The van der Waals surface area contributed by atoms with Crippen molar-refractivity contribution >= 4 is 16.8 Å². The van der Waals surface area contributed by atoms with Gasteiger partial charge in [0, 0.05) is 11.1 Å². The van der Waals surface area contributed by atoms with Crippen molar-refractivity contribution in [2.75, 3.05) is 13.2 Å². The van der Waals surface area contributed by atoms with Gasteiger partial charge in [0.1, 0.15) is 12.4 Å². The van der Waals surface area contributed by atoms with Gasteiger partial charge in [-0.15, -0.1) is 0 Å². The average Bonchev–Trinajstić information content (AvgIpc) is 2.64. The Bertz CT molecular complexity index is 917. The van der Waals surface area contributed by atoms with Crippen LogP contribution in [0.3, 0.4) is 0 Å². The first-order chi connectivity index (χ1) is 12.5. The molecule has 4 heteroatoms. The number of hydrogen-bond donors (Lipinski definition) is 1. The Labute approximate surface area is 154 Å². The van der Waals surface area contributed by atoms with E-state index >= 15 is 0 Å². The third-order valence-electron chi connectivity index (χ3n) is 4.54. The number of para-hydroxylation sites is 1. The van der Waals surface area contributed by atoms with Gasteiger partial charge in [0.25, 0.3) is 0 Å². The molecule has 0 unspecified atom stereocenters. The molecular weight excluding hydrogens is 324 g/mol. The molecule has 2 aromatic carbocycles. The molecule has 4 nitrogen and oxygen atoms in total. The summed E-state index contributed by atoms with van der Waals surface area (Å²) < 4.78 is 5.64. The monoisotopic (exact) mass is 348 g/mol. The highest BCUT2D eigenvalue weighted by Crippen LogP contribution is 2.22. The summed E-state index contributed by atoms with van der Waals surface area (Å²) in [5.74, 6) is 0.802. The van der Waals surface area contributed by atoms with Crippen LogP contribution in [0.25, 0.3) is 10.9 Å². The van der Waals surface area contributed by atoms with E-state index in [-0.39, 0.29) is 5.91 Å². The lowest BCUT2D eigenvalue weighted by atomic mass is 9.99. The van der Waals surface area contributed by atoms with Crippen molar-refractivity contribution in [3.8, 4) is 5.75 Å². The molecule has 0 aliphatic carbocycles. The molecule has 0 aliphatic rings. The summed E-state index contributed by atoms with van der Waals surface area (Å²) in [6.07, 6.45) is 0.333. The quantitative estimate of drug-likeness (QED) is 0.688. The van der Waals surface area contributed by atoms with Crippen LogP contribution in [-0.2, 0) is 11.2 Å². The normalized spacial score (nSPS) is 10.7. The lowest BCUT2D eigenvalue weighted by Crippen LogP contribution is -2.30. The van der Waals surface area contributed by atoms with Gasteiger partial charge in [0.15, 0.2) is 0 Å². The van der Waals surface area contributed by atoms with Crippen LogP contribution in [0.15, 0.2) is 48.5 Å². The number of carbonyl (C=O) groups is 1. The van der Waals surface area contributed by atoms with Crippen LogP contribution in [0.2, 0.25) is 0 Å². The minimum Gasteiger partial charge on any atom is -0.492 e. The van der Waals surface area contributed by atoms with E-state index in [2.05, 4.69) is 17.2 Å². The molecule has 0 saturated carbocycles. The van der Waals surface area contributed by atoms with Gasteiger partial charge in [0.05, 0.1) is 18.5 Å². The summed E-state index contributed by atoms with van der Waals surface area (Å²) in [4.78, 5) is 16.9. The molecule has 0 radical (unpaired) electrons. The van der Waals surface area contributed by atoms with Gasteiger partial charge < -0.3 is 10.1 Å². The van der Waals surface area contributed by atoms with Crippen LogP contribution in [-0.4, -0.2) is 24.0 Å². The molecular formula is C22H24N2O2. The summed E-state index contributed by atoms with van der Waals surface area (Å²) in [5.41, 5.74) is 5.20. The number of nitrogens with one attached hydrogen (secondary N) is 1. The third-order valence-corrected chi connectivity index (χ3v) is 4.54. The van der Waals surface area contributed by atoms with Crippen LogP contribution in [0.1, 0.15) is 22.4 Å². The first-order valence-electron chi connectivity index (χ1n) is 8.85. The Hall–Kier alpha value is -2.88.